The molecule has 0 saturated carbocycles. The average Bonchev–Trinajstić information content (AvgIpc) is 2.59. The Bertz CT molecular complexity index is 990. The van der Waals surface area contributed by atoms with Crippen LogP contribution in [0.25, 0.3) is 22.1 Å². The van der Waals surface area contributed by atoms with Crippen molar-refractivity contribution in [2.75, 3.05) is 11.9 Å². The molecule has 25 heavy (non-hydrogen) atoms. The SMILES string of the molecule is Cc1ccccc1-c1cc(=O)oc2cc(NC[C@@H](C)C(=O)O)ccc12. The zero-order valence-corrected chi connectivity index (χ0v) is 14.1. The van der Waals surface area contributed by atoms with E-state index in [0.29, 0.717) is 17.8 Å². The second-order valence-electron chi connectivity index (χ2n) is 6.13. The lowest BCUT2D eigenvalue weighted by Gasteiger charge is -2.12. The highest BCUT2D eigenvalue weighted by molar-refractivity contribution is 5.95. The van der Waals surface area contributed by atoms with Crippen LogP contribution in [-0.2, 0) is 4.79 Å². The van der Waals surface area contributed by atoms with Gasteiger partial charge in [0, 0.05) is 35.3 Å². The minimum Gasteiger partial charge on any atom is -0.481 e. The van der Waals surface area contributed by atoms with Gasteiger partial charge in [-0.05, 0) is 30.2 Å². The van der Waals surface area contributed by atoms with Gasteiger partial charge < -0.3 is 14.8 Å². The molecular weight excluding hydrogens is 318 g/mol. The lowest BCUT2D eigenvalue weighted by molar-refractivity contribution is -0.140. The van der Waals surface area contributed by atoms with Crippen LogP contribution in [0.3, 0.4) is 0 Å². The Balaban J connectivity index is 2.03. The topological polar surface area (TPSA) is 79.5 Å². The van der Waals surface area contributed by atoms with Crippen molar-refractivity contribution < 1.29 is 14.3 Å². The van der Waals surface area contributed by atoms with E-state index in [1.807, 2.05) is 43.3 Å². The first-order valence-electron chi connectivity index (χ1n) is 8.06. The number of carboxylic acid groups (broad SMARTS) is 1. The molecule has 0 bridgehead atoms. The van der Waals surface area contributed by atoms with Crippen LogP contribution < -0.4 is 10.9 Å². The standard InChI is InChI=1S/C20H19NO4/c1-12-5-3-4-6-15(12)17-10-19(22)25-18-9-14(7-8-16(17)18)21-11-13(2)20(23)24/h3-10,13,21H,11H2,1-2H3,(H,23,24)/t13-/m1/s1. The lowest BCUT2D eigenvalue weighted by atomic mass is 9.98. The molecular formula is C20H19NO4. The predicted octanol–water partition coefficient (Wildman–Crippen LogP) is 3.90. The number of aliphatic carboxylic acids is 1. The van der Waals surface area contributed by atoms with Crippen molar-refractivity contribution in [3.05, 3.63) is 64.5 Å². The molecule has 0 radical (unpaired) electrons. The quantitative estimate of drug-likeness (QED) is 0.690. The predicted molar refractivity (Wildman–Crippen MR) is 97.9 cm³/mol. The summed E-state index contributed by atoms with van der Waals surface area (Å²) in [5.41, 5.74) is 3.66. The van der Waals surface area contributed by atoms with E-state index in [4.69, 9.17) is 9.52 Å². The molecule has 0 aliphatic carbocycles. The second-order valence-corrected chi connectivity index (χ2v) is 6.13. The summed E-state index contributed by atoms with van der Waals surface area (Å²) < 4.78 is 5.35. The van der Waals surface area contributed by atoms with Crippen molar-refractivity contribution >= 4 is 22.6 Å². The number of rotatable bonds is 5. The van der Waals surface area contributed by atoms with Crippen LogP contribution in [0.4, 0.5) is 5.69 Å². The Morgan fingerprint density at radius 1 is 1.16 bits per heavy atom. The van der Waals surface area contributed by atoms with Crippen molar-refractivity contribution in [1.82, 2.24) is 0 Å². The van der Waals surface area contributed by atoms with E-state index in [2.05, 4.69) is 5.32 Å². The summed E-state index contributed by atoms with van der Waals surface area (Å²) in [6.45, 7) is 3.92. The number of fused-ring (bicyclic) bond motifs is 1. The molecule has 0 aliphatic rings. The molecule has 0 saturated heterocycles. The number of carboxylic acids is 1. The molecule has 1 heterocycles. The lowest BCUT2D eigenvalue weighted by Crippen LogP contribution is -2.19. The molecule has 3 aromatic rings. The van der Waals surface area contributed by atoms with Crippen LogP contribution in [0.2, 0.25) is 0 Å². The Morgan fingerprint density at radius 3 is 2.64 bits per heavy atom. The number of nitrogens with one attached hydrogen (secondary N) is 1. The first-order valence-corrected chi connectivity index (χ1v) is 8.06. The molecule has 5 nitrogen and oxygen atoms in total. The van der Waals surface area contributed by atoms with Gasteiger partial charge >= 0.3 is 11.6 Å². The number of carbonyl (C=O) groups is 1. The third-order valence-electron chi connectivity index (χ3n) is 4.21. The van der Waals surface area contributed by atoms with E-state index in [0.717, 1.165) is 22.1 Å². The molecule has 0 fully saturated rings. The Morgan fingerprint density at radius 2 is 1.92 bits per heavy atom. The summed E-state index contributed by atoms with van der Waals surface area (Å²) >= 11 is 0. The molecule has 0 spiro atoms. The second kappa shape index (κ2) is 6.81. The molecule has 128 valence electrons. The molecule has 1 atom stereocenters. The maximum Gasteiger partial charge on any atom is 0.336 e. The summed E-state index contributed by atoms with van der Waals surface area (Å²) in [7, 11) is 0. The molecule has 0 amide bonds. The van der Waals surface area contributed by atoms with Gasteiger partial charge in [0.25, 0.3) is 0 Å². The van der Waals surface area contributed by atoms with Crippen LogP contribution in [0, 0.1) is 12.8 Å². The van der Waals surface area contributed by atoms with E-state index in [-0.39, 0.29) is 0 Å². The summed E-state index contributed by atoms with van der Waals surface area (Å²) in [5.74, 6) is -1.37. The van der Waals surface area contributed by atoms with Crippen LogP contribution >= 0.6 is 0 Å². The van der Waals surface area contributed by atoms with Gasteiger partial charge in [0.15, 0.2) is 0 Å². The fourth-order valence-corrected chi connectivity index (χ4v) is 2.73. The summed E-state index contributed by atoms with van der Waals surface area (Å²) in [5, 5.41) is 12.9. The van der Waals surface area contributed by atoms with Gasteiger partial charge in [0.2, 0.25) is 0 Å². The molecule has 3 rings (SSSR count). The number of anilines is 1. The maximum absolute atomic E-state index is 12.0. The molecule has 5 heteroatoms. The van der Waals surface area contributed by atoms with Gasteiger partial charge in [-0.3, -0.25) is 4.79 Å². The number of hydrogen-bond acceptors (Lipinski definition) is 4. The van der Waals surface area contributed by atoms with Gasteiger partial charge in [-0.2, -0.15) is 0 Å². The van der Waals surface area contributed by atoms with Crippen molar-refractivity contribution in [2.45, 2.75) is 13.8 Å². The Hall–Kier alpha value is -3.08. The molecule has 2 aromatic carbocycles. The fraction of sp³-hybridized carbons (Fsp3) is 0.200. The first kappa shape index (κ1) is 16.8. The average molecular weight is 337 g/mol. The van der Waals surface area contributed by atoms with Crippen molar-refractivity contribution in [3.63, 3.8) is 0 Å². The smallest absolute Gasteiger partial charge is 0.336 e. The highest BCUT2D eigenvalue weighted by Crippen LogP contribution is 2.30. The zero-order valence-electron chi connectivity index (χ0n) is 14.1. The van der Waals surface area contributed by atoms with E-state index >= 15 is 0 Å². The minimum atomic E-state index is -0.860. The normalized spacial score (nSPS) is 12.1. The van der Waals surface area contributed by atoms with Gasteiger partial charge in [0.05, 0.1) is 5.92 Å². The van der Waals surface area contributed by atoms with Crippen molar-refractivity contribution in [2.24, 2.45) is 5.92 Å². The van der Waals surface area contributed by atoms with Crippen LogP contribution in [0.5, 0.6) is 0 Å². The number of aryl methyl sites for hydroxylation is 1. The van der Waals surface area contributed by atoms with Crippen molar-refractivity contribution in [3.8, 4) is 11.1 Å². The molecule has 0 unspecified atom stereocenters. The maximum atomic E-state index is 12.0. The van der Waals surface area contributed by atoms with Crippen molar-refractivity contribution in [1.29, 1.82) is 0 Å². The van der Waals surface area contributed by atoms with Gasteiger partial charge in [-0.25, -0.2) is 4.79 Å². The number of hydrogen-bond donors (Lipinski definition) is 2. The van der Waals surface area contributed by atoms with Gasteiger partial charge in [0.1, 0.15) is 5.58 Å². The summed E-state index contributed by atoms with van der Waals surface area (Å²) in [6.07, 6.45) is 0. The Labute approximate surface area is 144 Å². The molecule has 1 aromatic heterocycles. The third-order valence-corrected chi connectivity index (χ3v) is 4.21. The highest BCUT2D eigenvalue weighted by Gasteiger charge is 2.12. The summed E-state index contributed by atoms with van der Waals surface area (Å²) in [4.78, 5) is 22.9. The Kier molecular flexibility index (Phi) is 4.57. The zero-order chi connectivity index (χ0) is 18.0. The number of benzene rings is 2. The summed E-state index contributed by atoms with van der Waals surface area (Å²) in [6, 6.07) is 14.8. The van der Waals surface area contributed by atoms with E-state index in [9.17, 15) is 9.59 Å². The third kappa shape index (κ3) is 3.55. The van der Waals surface area contributed by atoms with E-state index in [1.54, 1.807) is 13.0 Å². The van der Waals surface area contributed by atoms with Crippen LogP contribution in [0.1, 0.15) is 12.5 Å². The largest absolute Gasteiger partial charge is 0.481 e. The monoisotopic (exact) mass is 337 g/mol. The first-order chi connectivity index (χ1) is 12.0. The molecule has 0 aliphatic heterocycles. The van der Waals surface area contributed by atoms with Gasteiger partial charge in [-0.1, -0.05) is 31.2 Å². The van der Waals surface area contributed by atoms with Crippen LogP contribution in [0.15, 0.2) is 57.7 Å². The van der Waals surface area contributed by atoms with Crippen LogP contribution in [-0.4, -0.2) is 17.6 Å². The minimum absolute atomic E-state index is 0.294. The highest BCUT2D eigenvalue weighted by atomic mass is 16.4. The fourth-order valence-electron chi connectivity index (χ4n) is 2.73. The van der Waals surface area contributed by atoms with E-state index in [1.165, 1.54) is 6.07 Å². The molecule has 2 N–H and O–H groups in total. The van der Waals surface area contributed by atoms with Gasteiger partial charge in [-0.15, -0.1) is 0 Å². The van der Waals surface area contributed by atoms with E-state index < -0.39 is 17.5 Å².